The van der Waals surface area contributed by atoms with Gasteiger partial charge < -0.3 is 16.0 Å². The molecule has 1 fully saturated rings. The minimum atomic E-state index is 0. The molecule has 0 spiro atoms. The molecule has 2 aromatic carbocycles. The second-order valence-electron chi connectivity index (χ2n) is 6.24. The van der Waals surface area contributed by atoms with Crippen molar-refractivity contribution in [2.45, 2.75) is 25.9 Å². The van der Waals surface area contributed by atoms with Gasteiger partial charge in [-0.2, -0.15) is 0 Å². The minimum Gasteiger partial charge on any atom is -0.370 e. The average Bonchev–Trinajstić information content (AvgIpc) is 3.05. The number of amides is 1. The summed E-state index contributed by atoms with van der Waals surface area (Å²) in [6.45, 7) is 2.20. The Morgan fingerprint density at radius 3 is 2.58 bits per heavy atom. The van der Waals surface area contributed by atoms with E-state index in [9.17, 15) is 4.79 Å². The molecule has 0 aliphatic carbocycles. The van der Waals surface area contributed by atoms with Gasteiger partial charge in [0.2, 0.25) is 5.91 Å². The number of hydrogen-bond donors (Lipinski definition) is 2. The Hall–Kier alpha value is -2.09. The van der Waals surface area contributed by atoms with Gasteiger partial charge in [0.1, 0.15) is 0 Å². The first-order valence-corrected chi connectivity index (χ1v) is 8.58. The number of guanidine groups is 1. The Balaban J connectivity index is 0.00000243. The summed E-state index contributed by atoms with van der Waals surface area (Å²) in [6, 6.07) is 16.7. The molecule has 0 saturated carbocycles. The van der Waals surface area contributed by atoms with Gasteiger partial charge in [-0.05, 0) is 28.7 Å². The van der Waals surface area contributed by atoms with E-state index in [2.05, 4.69) is 46.7 Å². The molecule has 26 heavy (non-hydrogen) atoms. The molecule has 1 aliphatic rings. The number of likely N-dealkylation sites (tertiary alicyclic amines) is 1. The quantitative estimate of drug-likeness (QED) is 0.406. The van der Waals surface area contributed by atoms with E-state index in [0.29, 0.717) is 25.5 Å². The number of benzene rings is 2. The zero-order valence-electron chi connectivity index (χ0n) is 14.9. The van der Waals surface area contributed by atoms with Crippen LogP contribution in [0.1, 0.15) is 24.0 Å². The third-order valence-electron chi connectivity index (χ3n) is 4.53. The van der Waals surface area contributed by atoms with Gasteiger partial charge in [0.15, 0.2) is 5.96 Å². The molecule has 2 aromatic rings. The molecule has 6 heteroatoms. The van der Waals surface area contributed by atoms with E-state index in [4.69, 9.17) is 5.73 Å². The maximum Gasteiger partial charge on any atom is 0.222 e. The van der Waals surface area contributed by atoms with Gasteiger partial charge in [0.25, 0.3) is 0 Å². The number of carbonyl (C=O) groups excluding carboxylic acids is 1. The van der Waals surface area contributed by atoms with Crippen LogP contribution in [0.5, 0.6) is 0 Å². The third-order valence-corrected chi connectivity index (χ3v) is 4.53. The zero-order chi connectivity index (χ0) is 17.6. The lowest BCUT2D eigenvalue weighted by Crippen LogP contribution is -2.30. The van der Waals surface area contributed by atoms with Gasteiger partial charge in [-0.15, -0.1) is 24.0 Å². The van der Waals surface area contributed by atoms with Gasteiger partial charge in [0, 0.05) is 33.1 Å². The molecule has 3 rings (SSSR count). The second kappa shape index (κ2) is 9.56. The van der Waals surface area contributed by atoms with Crippen LogP contribution >= 0.6 is 24.0 Å². The normalized spacial score (nSPS) is 14.3. The number of nitrogens with one attached hydrogen (secondary N) is 1. The maximum atomic E-state index is 11.8. The predicted molar refractivity (Wildman–Crippen MR) is 116 cm³/mol. The average molecular weight is 464 g/mol. The monoisotopic (exact) mass is 464 g/mol. The van der Waals surface area contributed by atoms with Crippen molar-refractivity contribution in [2.75, 3.05) is 13.6 Å². The predicted octanol–water partition coefficient (Wildman–Crippen LogP) is 3.13. The Bertz CT molecular complexity index is 774. The van der Waals surface area contributed by atoms with Crippen LogP contribution in [0.15, 0.2) is 53.5 Å². The number of nitrogens with two attached hydrogens (primary N) is 1. The Morgan fingerprint density at radius 2 is 1.92 bits per heavy atom. The summed E-state index contributed by atoms with van der Waals surface area (Å²) in [7, 11) is 1.66. The first-order chi connectivity index (χ1) is 12.2. The van der Waals surface area contributed by atoms with Gasteiger partial charge in [-0.1, -0.05) is 48.5 Å². The SMILES string of the molecule is CN=C(N)NCc1ccccc1-c1ccc(CN2CCCC2=O)cc1.I. The van der Waals surface area contributed by atoms with Crippen LogP contribution in [0.2, 0.25) is 0 Å². The molecular weight excluding hydrogens is 439 g/mol. The first kappa shape index (κ1) is 20.2. The first-order valence-electron chi connectivity index (χ1n) is 8.58. The standard InChI is InChI=1S/C20H24N4O.HI/c1-22-20(21)23-13-17-5-2-3-6-18(17)16-10-8-15(9-11-16)14-24-12-4-7-19(24)25;/h2-3,5-6,8-11H,4,7,12-14H2,1H3,(H3,21,22,23);1H. The Morgan fingerprint density at radius 1 is 1.19 bits per heavy atom. The molecule has 0 atom stereocenters. The van der Waals surface area contributed by atoms with Crippen molar-refractivity contribution in [2.24, 2.45) is 10.7 Å². The van der Waals surface area contributed by atoms with E-state index in [1.807, 2.05) is 17.0 Å². The molecule has 1 amide bonds. The summed E-state index contributed by atoms with van der Waals surface area (Å²) in [5, 5.41) is 3.11. The summed E-state index contributed by atoms with van der Waals surface area (Å²) in [4.78, 5) is 17.6. The van der Waals surface area contributed by atoms with E-state index in [1.54, 1.807) is 7.05 Å². The fourth-order valence-electron chi connectivity index (χ4n) is 3.10. The van der Waals surface area contributed by atoms with E-state index in [1.165, 1.54) is 5.56 Å². The van der Waals surface area contributed by atoms with Crippen LogP contribution in [0.25, 0.3) is 11.1 Å². The van der Waals surface area contributed by atoms with Crippen molar-refractivity contribution < 1.29 is 4.79 Å². The lowest BCUT2D eigenvalue weighted by atomic mass is 9.98. The van der Waals surface area contributed by atoms with E-state index >= 15 is 0 Å². The molecule has 3 N–H and O–H groups in total. The van der Waals surface area contributed by atoms with Crippen LogP contribution < -0.4 is 11.1 Å². The van der Waals surface area contributed by atoms with Crippen LogP contribution in [-0.4, -0.2) is 30.4 Å². The van der Waals surface area contributed by atoms with Gasteiger partial charge in [-0.25, -0.2) is 0 Å². The highest BCUT2D eigenvalue weighted by molar-refractivity contribution is 14.0. The van der Waals surface area contributed by atoms with Crippen LogP contribution in [0.4, 0.5) is 0 Å². The number of hydrogen-bond acceptors (Lipinski definition) is 2. The summed E-state index contributed by atoms with van der Waals surface area (Å²) >= 11 is 0. The highest BCUT2D eigenvalue weighted by atomic mass is 127. The third kappa shape index (κ3) is 4.97. The molecule has 1 aliphatic heterocycles. The summed E-state index contributed by atoms with van der Waals surface area (Å²) < 4.78 is 0. The lowest BCUT2D eigenvalue weighted by molar-refractivity contribution is -0.128. The van der Waals surface area contributed by atoms with Crippen molar-refractivity contribution in [3.63, 3.8) is 0 Å². The van der Waals surface area contributed by atoms with Crippen LogP contribution in [0, 0.1) is 0 Å². The molecule has 1 saturated heterocycles. The topological polar surface area (TPSA) is 70.7 Å². The highest BCUT2D eigenvalue weighted by Gasteiger charge is 2.19. The smallest absolute Gasteiger partial charge is 0.222 e. The van der Waals surface area contributed by atoms with Crippen molar-refractivity contribution >= 4 is 35.8 Å². The maximum absolute atomic E-state index is 11.8. The van der Waals surface area contributed by atoms with Crippen LogP contribution in [0.3, 0.4) is 0 Å². The fraction of sp³-hybridized carbons (Fsp3) is 0.300. The van der Waals surface area contributed by atoms with Crippen molar-refractivity contribution in [1.82, 2.24) is 10.2 Å². The van der Waals surface area contributed by atoms with Gasteiger partial charge >= 0.3 is 0 Å². The van der Waals surface area contributed by atoms with Crippen LogP contribution in [-0.2, 0) is 17.9 Å². The fourth-order valence-corrected chi connectivity index (χ4v) is 3.10. The Kier molecular flexibility index (Phi) is 7.44. The number of carbonyl (C=O) groups is 1. The minimum absolute atomic E-state index is 0. The second-order valence-corrected chi connectivity index (χ2v) is 6.24. The highest BCUT2D eigenvalue weighted by Crippen LogP contribution is 2.25. The van der Waals surface area contributed by atoms with E-state index in [-0.39, 0.29) is 29.9 Å². The van der Waals surface area contributed by atoms with Crippen molar-refractivity contribution in [1.29, 1.82) is 0 Å². The van der Waals surface area contributed by atoms with E-state index in [0.717, 1.165) is 29.7 Å². The molecule has 5 nitrogen and oxygen atoms in total. The number of aliphatic imine (C=N–C) groups is 1. The largest absolute Gasteiger partial charge is 0.370 e. The lowest BCUT2D eigenvalue weighted by Gasteiger charge is -2.16. The molecule has 0 radical (unpaired) electrons. The van der Waals surface area contributed by atoms with Gasteiger partial charge in [-0.3, -0.25) is 9.79 Å². The van der Waals surface area contributed by atoms with E-state index < -0.39 is 0 Å². The molecule has 0 aromatic heterocycles. The summed E-state index contributed by atoms with van der Waals surface area (Å²) in [5.41, 5.74) is 10.4. The Labute approximate surface area is 171 Å². The number of halogens is 1. The molecular formula is C20H25IN4O. The molecule has 138 valence electrons. The number of nitrogens with zero attached hydrogens (tertiary/aromatic N) is 2. The summed E-state index contributed by atoms with van der Waals surface area (Å²) in [5.74, 6) is 0.691. The van der Waals surface area contributed by atoms with Crippen molar-refractivity contribution in [3.05, 3.63) is 59.7 Å². The molecule has 0 unspecified atom stereocenters. The zero-order valence-corrected chi connectivity index (χ0v) is 17.3. The van der Waals surface area contributed by atoms with Gasteiger partial charge in [0.05, 0.1) is 0 Å². The van der Waals surface area contributed by atoms with Crippen molar-refractivity contribution in [3.8, 4) is 11.1 Å². The number of rotatable bonds is 5. The summed E-state index contributed by atoms with van der Waals surface area (Å²) in [6.07, 6.45) is 1.66. The molecule has 1 heterocycles. The molecule has 0 bridgehead atoms.